The van der Waals surface area contributed by atoms with E-state index in [1.165, 1.54) is 0 Å². The molecule has 6 nitrogen and oxygen atoms in total. The molecule has 6 heteroatoms. The number of nitrogens with one attached hydrogen (secondary N) is 1. The molecular formula is C16H17N3O3. The van der Waals surface area contributed by atoms with Crippen molar-refractivity contribution in [2.45, 2.75) is 25.9 Å². The molecule has 0 fully saturated rings. The van der Waals surface area contributed by atoms with Crippen molar-refractivity contribution in [3.63, 3.8) is 0 Å². The van der Waals surface area contributed by atoms with E-state index in [-0.39, 0.29) is 11.6 Å². The summed E-state index contributed by atoms with van der Waals surface area (Å²) in [7, 11) is 1.72. The molecule has 2 amide bonds. The van der Waals surface area contributed by atoms with E-state index in [0.717, 1.165) is 11.1 Å². The lowest BCUT2D eigenvalue weighted by Crippen LogP contribution is -2.44. The van der Waals surface area contributed by atoms with Crippen LogP contribution in [0, 0.1) is 0 Å². The number of fused-ring (bicyclic) bond motifs is 1. The SMILES string of the molecule is CCc1cc(C(=O)NC2C(=O)N(C)Cc3ccccc32)no1. The summed E-state index contributed by atoms with van der Waals surface area (Å²) in [6.07, 6.45) is 0.661. The van der Waals surface area contributed by atoms with Crippen molar-refractivity contribution in [1.29, 1.82) is 0 Å². The number of hydrogen-bond acceptors (Lipinski definition) is 4. The molecule has 1 aromatic heterocycles. The Bertz CT molecular complexity index is 723. The fraction of sp³-hybridized carbons (Fsp3) is 0.312. The van der Waals surface area contributed by atoms with Gasteiger partial charge in [-0.25, -0.2) is 0 Å². The van der Waals surface area contributed by atoms with Crippen molar-refractivity contribution in [2.24, 2.45) is 0 Å². The minimum Gasteiger partial charge on any atom is -0.361 e. The minimum atomic E-state index is -0.691. The Hall–Kier alpha value is -2.63. The average molecular weight is 299 g/mol. The van der Waals surface area contributed by atoms with Gasteiger partial charge in [0.25, 0.3) is 5.91 Å². The van der Waals surface area contributed by atoms with E-state index >= 15 is 0 Å². The first-order valence-corrected chi connectivity index (χ1v) is 7.19. The monoisotopic (exact) mass is 299 g/mol. The molecule has 0 aliphatic carbocycles. The zero-order chi connectivity index (χ0) is 15.7. The third kappa shape index (κ3) is 2.47. The number of hydrogen-bond donors (Lipinski definition) is 1. The number of rotatable bonds is 3. The fourth-order valence-electron chi connectivity index (χ4n) is 2.58. The first kappa shape index (κ1) is 14.3. The van der Waals surface area contributed by atoms with Gasteiger partial charge in [-0.05, 0) is 11.1 Å². The lowest BCUT2D eigenvalue weighted by Gasteiger charge is -2.31. The standard InChI is InChI=1S/C16H17N3O3/c1-3-11-8-13(18-22-11)15(20)17-14-12-7-5-4-6-10(12)9-19(2)16(14)21/h4-8,14H,3,9H2,1-2H3,(H,17,20). The van der Waals surface area contributed by atoms with Gasteiger partial charge in [0.05, 0.1) is 0 Å². The van der Waals surface area contributed by atoms with Crippen molar-refractivity contribution < 1.29 is 14.1 Å². The van der Waals surface area contributed by atoms with Crippen LogP contribution in [-0.2, 0) is 17.8 Å². The Labute approximate surface area is 128 Å². The van der Waals surface area contributed by atoms with Crippen molar-refractivity contribution in [1.82, 2.24) is 15.4 Å². The summed E-state index contributed by atoms with van der Waals surface area (Å²) in [6, 6.07) is 8.52. The van der Waals surface area contributed by atoms with Crippen LogP contribution >= 0.6 is 0 Å². The molecule has 1 N–H and O–H groups in total. The Kier molecular flexibility index (Phi) is 3.66. The van der Waals surface area contributed by atoms with Crippen LogP contribution in [0.4, 0.5) is 0 Å². The second-order valence-electron chi connectivity index (χ2n) is 5.33. The quantitative estimate of drug-likeness (QED) is 0.935. The highest BCUT2D eigenvalue weighted by Gasteiger charge is 2.32. The highest BCUT2D eigenvalue weighted by molar-refractivity contribution is 5.97. The highest BCUT2D eigenvalue weighted by Crippen LogP contribution is 2.26. The predicted octanol–water partition coefficient (Wildman–Crippen LogP) is 1.68. The second kappa shape index (κ2) is 5.63. The number of likely N-dealkylation sites (N-methyl/N-ethyl adjacent to an activating group) is 1. The van der Waals surface area contributed by atoms with Gasteiger partial charge in [-0.1, -0.05) is 36.3 Å². The summed E-state index contributed by atoms with van der Waals surface area (Å²) in [5.74, 6) is 0.0933. The van der Waals surface area contributed by atoms with Crippen LogP contribution in [-0.4, -0.2) is 28.9 Å². The van der Waals surface area contributed by atoms with Crippen LogP contribution in [0.25, 0.3) is 0 Å². The van der Waals surface area contributed by atoms with Crippen LogP contribution in [0.2, 0.25) is 0 Å². The molecule has 0 saturated carbocycles. The number of carbonyl (C=O) groups excluding carboxylic acids is 2. The average Bonchev–Trinajstić information content (AvgIpc) is 3.01. The predicted molar refractivity (Wildman–Crippen MR) is 79.0 cm³/mol. The molecule has 0 radical (unpaired) electrons. The molecule has 2 aromatic rings. The van der Waals surface area contributed by atoms with Crippen molar-refractivity contribution >= 4 is 11.8 Å². The van der Waals surface area contributed by atoms with E-state index in [2.05, 4.69) is 10.5 Å². The summed E-state index contributed by atoms with van der Waals surface area (Å²) >= 11 is 0. The molecule has 0 spiro atoms. The first-order valence-electron chi connectivity index (χ1n) is 7.19. The maximum absolute atomic E-state index is 12.4. The number of aryl methyl sites for hydroxylation is 1. The van der Waals surface area contributed by atoms with E-state index in [4.69, 9.17) is 4.52 Å². The van der Waals surface area contributed by atoms with Gasteiger partial charge in [0, 0.05) is 26.1 Å². The molecule has 114 valence electrons. The van der Waals surface area contributed by atoms with Crippen molar-refractivity contribution in [3.8, 4) is 0 Å². The molecule has 1 aliphatic heterocycles. The molecule has 1 aliphatic rings. The number of benzene rings is 1. The molecule has 0 saturated heterocycles. The molecule has 2 heterocycles. The number of carbonyl (C=O) groups is 2. The lowest BCUT2D eigenvalue weighted by atomic mass is 9.95. The Balaban J connectivity index is 1.87. The maximum Gasteiger partial charge on any atom is 0.274 e. The molecule has 0 bridgehead atoms. The van der Waals surface area contributed by atoms with E-state index in [0.29, 0.717) is 18.7 Å². The number of amides is 2. The fourth-order valence-corrected chi connectivity index (χ4v) is 2.58. The van der Waals surface area contributed by atoms with E-state index in [1.54, 1.807) is 18.0 Å². The van der Waals surface area contributed by atoms with Crippen molar-refractivity contribution in [2.75, 3.05) is 7.05 Å². The van der Waals surface area contributed by atoms with Crippen molar-refractivity contribution in [3.05, 3.63) is 52.9 Å². The van der Waals surface area contributed by atoms with Crippen LogP contribution in [0.15, 0.2) is 34.9 Å². The van der Waals surface area contributed by atoms with Gasteiger partial charge in [0.1, 0.15) is 11.8 Å². The van der Waals surface area contributed by atoms with Gasteiger partial charge < -0.3 is 14.7 Å². The molecule has 22 heavy (non-hydrogen) atoms. The maximum atomic E-state index is 12.4. The first-order chi connectivity index (χ1) is 10.6. The van der Waals surface area contributed by atoms with Gasteiger partial charge >= 0.3 is 0 Å². The van der Waals surface area contributed by atoms with Crippen LogP contribution in [0.1, 0.15) is 40.3 Å². The molecule has 3 rings (SSSR count). The molecule has 1 atom stereocenters. The number of aromatic nitrogens is 1. The summed E-state index contributed by atoms with van der Waals surface area (Å²) < 4.78 is 5.04. The Morgan fingerprint density at radius 1 is 1.45 bits per heavy atom. The topological polar surface area (TPSA) is 75.4 Å². The van der Waals surface area contributed by atoms with Gasteiger partial charge in [0.15, 0.2) is 5.69 Å². The zero-order valence-electron chi connectivity index (χ0n) is 12.5. The molecular weight excluding hydrogens is 282 g/mol. The highest BCUT2D eigenvalue weighted by atomic mass is 16.5. The lowest BCUT2D eigenvalue weighted by molar-refractivity contribution is -0.133. The number of nitrogens with zero attached hydrogens (tertiary/aromatic N) is 2. The smallest absolute Gasteiger partial charge is 0.274 e. The Morgan fingerprint density at radius 2 is 2.23 bits per heavy atom. The van der Waals surface area contributed by atoms with Gasteiger partial charge in [0.2, 0.25) is 5.91 Å². The largest absolute Gasteiger partial charge is 0.361 e. The summed E-state index contributed by atoms with van der Waals surface area (Å²) in [5, 5.41) is 6.50. The van der Waals surface area contributed by atoms with Crippen LogP contribution in [0.5, 0.6) is 0 Å². The van der Waals surface area contributed by atoms with E-state index < -0.39 is 11.9 Å². The second-order valence-corrected chi connectivity index (χ2v) is 5.33. The summed E-state index contributed by atoms with van der Waals surface area (Å²) in [4.78, 5) is 26.3. The van der Waals surface area contributed by atoms with Gasteiger partial charge in [-0.3, -0.25) is 9.59 Å². The zero-order valence-corrected chi connectivity index (χ0v) is 12.5. The molecule has 1 aromatic carbocycles. The minimum absolute atomic E-state index is 0.133. The third-order valence-electron chi connectivity index (χ3n) is 3.81. The summed E-state index contributed by atoms with van der Waals surface area (Å²) in [5.41, 5.74) is 2.05. The third-order valence-corrected chi connectivity index (χ3v) is 3.81. The molecule has 1 unspecified atom stereocenters. The van der Waals surface area contributed by atoms with Gasteiger partial charge in [-0.15, -0.1) is 0 Å². The summed E-state index contributed by atoms with van der Waals surface area (Å²) in [6.45, 7) is 2.46. The van der Waals surface area contributed by atoms with Crippen LogP contribution < -0.4 is 5.32 Å². The van der Waals surface area contributed by atoms with Crippen LogP contribution in [0.3, 0.4) is 0 Å². The van der Waals surface area contributed by atoms with Gasteiger partial charge in [-0.2, -0.15) is 0 Å². The van der Waals surface area contributed by atoms with E-state index in [1.807, 2.05) is 31.2 Å². The van der Waals surface area contributed by atoms with E-state index in [9.17, 15) is 9.59 Å². The normalized spacial score (nSPS) is 17.3. The Morgan fingerprint density at radius 3 is 2.95 bits per heavy atom.